The minimum absolute atomic E-state index is 0.260. The van der Waals surface area contributed by atoms with Crippen molar-refractivity contribution < 1.29 is 14.7 Å². The Kier molecular flexibility index (Phi) is 3.57. The molecule has 18 heavy (non-hydrogen) atoms. The van der Waals surface area contributed by atoms with E-state index in [0.29, 0.717) is 6.54 Å². The second kappa shape index (κ2) is 5.14. The summed E-state index contributed by atoms with van der Waals surface area (Å²) in [6, 6.07) is 8.67. The van der Waals surface area contributed by atoms with Crippen molar-refractivity contribution in [1.29, 1.82) is 0 Å². The molecule has 0 spiro atoms. The van der Waals surface area contributed by atoms with E-state index in [1.54, 1.807) is 0 Å². The Morgan fingerprint density at radius 3 is 2.67 bits per heavy atom. The highest BCUT2D eigenvalue weighted by Gasteiger charge is 2.36. The summed E-state index contributed by atoms with van der Waals surface area (Å²) in [5, 5.41) is 11.7. The van der Waals surface area contributed by atoms with Crippen LogP contribution in [-0.4, -0.2) is 33.0 Å². The van der Waals surface area contributed by atoms with Crippen molar-refractivity contribution in [2.24, 2.45) is 0 Å². The van der Waals surface area contributed by atoms with Gasteiger partial charge in [-0.2, -0.15) is 0 Å². The quantitative estimate of drug-likeness (QED) is 0.785. The maximum Gasteiger partial charge on any atom is 0.305 e. The lowest BCUT2D eigenvalue weighted by atomic mass is 10.2. The number of hydrogen-bond acceptors (Lipinski definition) is 3. The van der Waals surface area contributed by atoms with Crippen LogP contribution in [0.2, 0.25) is 0 Å². The van der Waals surface area contributed by atoms with Gasteiger partial charge in [0.1, 0.15) is 6.04 Å². The number of carbonyl (C=O) groups is 2. The van der Waals surface area contributed by atoms with Gasteiger partial charge in [-0.1, -0.05) is 30.3 Å². The average molecular weight is 264 g/mol. The molecule has 1 fully saturated rings. The van der Waals surface area contributed by atoms with E-state index >= 15 is 0 Å². The first-order valence-corrected chi connectivity index (χ1v) is 5.86. The maximum atomic E-state index is 12.0. The highest BCUT2D eigenvalue weighted by Crippen LogP contribution is 2.14. The predicted molar refractivity (Wildman–Crippen MR) is 68.8 cm³/mol. The molecule has 0 aromatic heterocycles. The number of hydrogen-bond donors (Lipinski definition) is 2. The molecule has 1 heterocycles. The van der Waals surface area contributed by atoms with E-state index in [0.717, 1.165) is 5.56 Å². The molecule has 1 saturated heterocycles. The second-order valence-electron chi connectivity index (χ2n) is 4.01. The van der Waals surface area contributed by atoms with Gasteiger partial charge in [0.15, 0.2) is 5.11 Å². The lowest BCUT2D eigenvalue weighted by molar-refractivity contribution is -0.140. The molecule has 2 rings (SSSR count). The molecule has 1 amide bonds. The molecule has 1 aromatic rings. The molecular weight excluding hydrogens is 252 g/mol. The largest absolute Gasteiger partial charge is 0.481 e. The first-order valence-electron chi connectivity index (χ1n) is 5.45. The Bertz CT molecular complexity index is 489. The first kappa shape index (κ1) is 12.5. The summed E-state index contributed by atoms with van der Waals surface area (Å²) >= 11 is 5.05. The van der Waals surface area contributed by atoms with Crippen LogP contribution in [0.25, 0.3) is 0 Å². The molecular formula is C12H12N2O3S. The van der Waals surface area contributed by atoms with Crippen LogP contribution in [0.15, 0.2) is 30.3 Å². The highest BCUT2D eigenvalue weighted by atomic mass is 32.1. The monoisotopic (exact) mass is 264 g/mol. The third-order valence-electron chi connectivity index (χ3n) is 2.67. The number of thiocarbonyl (C=S) groups is 1. The van der Waals surface area contributed by atoms with Gasteiger partial charge in [0.2, 0.25) is 0 Å². The summed E-state index contributed by atoms with van der Waals surface area (Å²) in [5.41, 5.74) is 0.950. The summed E-state index contributed by atoms with van der Waals surface area (Å²) in [6.07, 6.45) is -0.260. The zero-order valence-electron chi connectivity index (χ0n) is 9.50. The van der Waals surface area contributed by atoms with E-state index in [1.807, 2.05) is 30.3 Å². The molecule has 0 unspecified atom stereocenters. The van der Waals surface area contributed by atoms with E-state index in [1.165, 1.54) is 4.90 Å². The van der Waals surface area contributed by atoms with Gasteiger partial charge in [0.25, 0.3) is 5.91 Å². The highest BCUT2D eigenvalue weighted by molar-refractivity contribution is 7.80. The van der Waals surface area contributed by atoms with Gasteiger partial charge in [-0.25, -0.2) is 0 Å². The number of benzene rings is 1. The van der Waals surface area contributed by atoms with Crippen LogP contribution in [0.3, 0.4) is 0 Å². The SMILES string of the molecule is O=C(O)C[C@H]1NC(=S)N(Cc2ccccc2)C1=O. The van der Waals surface area contributed by atoms with Crippen molar-refractivity contribution in [1.82, 2.24) is 10.2 Å². The lowest BCUT2D eigenvalue weighted by Crippen LogP contribution is -2.32. The topological polar surface area (TPSA) is 69.6 Å². The Labute approximate surface area is 109 Å². The number of amides is 1. The lowest BCUT2D eigenvalue weighted by Gasteiger charge is -2.14. The zero-order valence-corrected chi connectivity index (χ0v) is 10.3. The normalized spacial score (nSPS) is 18.9. The average Bonchev–Trinajstić information content (AvgIpc) is 2.58. The van der Waals surface area contributed by atoms with E-state index in [-0.39, 0.29) is 17.4 Å². The minimum Gasteiger partial charge on any atom is -0.481 e. The van der Waals surface area contributed by atoms with Gasteiger partial charge in [-0.3, -0.25) is 14.5 Å². The van der Waals surface area contributed by atoms with Crippen LogP contribution in [0, 0.1) is 0 Å². The van der Waals surface area contributed by atoms with Crippen LogP contribution in [0.4, 0.5) is 0 Å². The Morgan fingerprint density at radius 2 is 2.06 bits per heavy atom. The summed E-state index contributed by atoms with van der Waals surface area (Å²) in [7, 11) is 0. The Morgan fingerprint density at radius 1 is 1.39 bits per heavy atom. The van der Waals surface area contributed by atoms with Crippen molar-refractivity contribution >= 4 is 29.2 Å². The van der Waals surface area contributed by atoms with E-state index in [2.05, 4.69) is 5.32 Å². The fourth-order valence-corrected chi connectivity index (χ4v) is 2.10. The number of carbonyl (C=O) groups excluding carboxylic acids is 1. The van der Waals surface area contributed by atoms with Gasteiger partial charge in [-0.15, -0.1) is 0 Å². The number of rotatable bonds is 4. The standard InChI is InChI=1S/C12H12N2O3S/c15-10(16)6-9-11(17)14(12(18)13-9)7-8-4-2-1-3-5-8/h1-5,9H,6-7H2,(H,13,18)(H,15,16)/t9-/m1/s1. The number of aliphatic carboxylic acids is 1. The molecule has 0 aliphatic carbocycles. The summed E-state index contributed by atoms with van der Waals surface area (Å²) in [4.78, 5) is 24.0. The summed E-state index contributed by atoms with van der Waals surface area (Å²) < 4.78 is 0. The van der Waals surface area contributed by atoms with Gasteiger partial charge < -0.3 is 10.4 Å². The summed E-state index contributed by atoms with van der Waals surface area (Å²) in [5.74, 6) is -1.31. The van der Waals surface area contributed by atoms with Crippen molar-refractivity contribution in [2.75, 3.05) is 0 Å². The predicted octanol–water partition coefficient (Wildman–Crippen LogP) is 0.747. The fraction of sp³-hybridized carbons (Fsp3) is 0.250. The molecule has 1 aliphatic rings. The third-order valence-corrected chi connectivity index (χ3v) is 3.01. The fourth-order valence-electron chi connectivity index (χ4n) is 1.81. The minimum atomic E-state index is -1.02. The smallest absolute Gasteiger partial charge is 0.305 e. The van der Waals surface area contributed by atoms with Crippen molar-refractivity contribution in [3.05, 3.63) is 35.9 Å². The Hall–Kier alpha value is -1.95. The van der Waals surface area contributed by atoms with Crippen LogP contribution in [0.1, 0.15) is 12.0 Å². The third kappa shape index (κ3) is 2.65. The first-order chi connectivity index (χ1) is 8.58. The molecule has 2 N–H and O–H groups in total. The van der Waals surface area contributed by atoms with E-state index in [9.17, 15) is 9.59 Å². The molecule has 1 aromatic carbocycles. The van der Waals surface area contributed by atoms with Gasteiger partial charge in [0.05, 0.1) is 13.0 Å². The van der Waals surface area contributed by atoms with Crippen molar-refractivity contribution in [2.45, 2.75) is 19.0 Å². The second-order valence-corrected chi connectivity index (χ2v) is 4.40. The number of nitrogens with zero attached hydrogens (tertiary/aromatic N) is 1. The van der Waals surface area contributed by atoms with E-state index in [4.69, 9.17) is 17.3 Å². The molecule has 94 valence electrons. The molecule has 0 radical (unpaired) electrons. The molecule has 0 saturated carbocycles. The van der Waals surface area contributed by atoms with Crippen LogP contribution in [-0.2, 0) is 16.1 Å². The number of carboxylic acids is 1. The van der Waals surface area contributed by atoms with Crippen molar-refractivity contribution in [3.8, 4) is 0 Å². The van der Waals surface area contributed by atoms with Gasteiger partial charge >= 0.3 is 5.97 Å². The Balaban J connectivity index is 2.08. The van der Waals surface area contributed by atoms with E-state index < -0.39 is 12.0 Å². The molecule has 1 atom stereocenters. The zero-order chi connectivity index (χ0) is 13.1. The van der Waals surface area contributed by atoms with Crippen LogP contribution in [0.5, 0.6) is 0 Å². The molecule has 0 bridgehead atoms. The maximum absolute atomic E-state index is 12.0. The number of nitrogens with one attached hydrogen (secondary N) is 1. The van der Waals surface area contributed by atoms with Gasteiger partial charge in [0, 0.05) is 0 Å². The molecule has 5 nitrogen and oxygen atoms in total. The molecule has 1 aliphatic heterocycles. The number of carboxylic acid groups (broad SMARTS) is 1. The summed E-state index contributed by atoms with van der Waals surface area (Å²) in [6.45, 7) is 0.363. The molecule has 6 heteroatoms. The van der Waals surface area contributed by atoms with Crippen molar-refractivity contribution in [3.63, 3.8) is 0 Å². The van der Waals surface area contributed by atoms with Crippen LogP contribution >= 0.6 is 12.2 Å². The van der Waals surface area contributed by atoms with Crippen LogP contribution < -0.4 is 5.32 Å². The van der Waals surface area contributed by atoms with Gasteiger partial charge in [-0.05, 0) is 17.8 Å².